The molecule has 3 rings (SSSR count). The summed E-state index contributed by atoms with van der Waals surface area (Å²) < 4.78 is 18.4. The van der Waals surface area contributed by atoms with Crippen LogP contribution in [-0.4, -0.2) is 25.9 Å². The summed E-state index contributed by atoms with van der Waals surface area (Å²) in [4.78, 5) is 0. The predicted molar refractivity (Wildman–Crippen MR) is 107 cm³/mol. The lowest BCUT2D eigenvalue weighted by molar-refractivity contribution is 0.324. The van der Waals surface area contributed by atoms with Crippen LogP contribution in [0, 0.1) is 0 Å². The van der Waals surface area contributed by atoms with Gasteiger partial charge in [0.15, 0.2) is 11.5 Å². The van der Waals surface area contributed by atoms with Crippen molar-refractivity contribution < 1.29 is 14.2 Å². The molecule has 0 aliphatic heterocycles. The van der Waals surface area contributed by atoms with E-state index in [0.29, 0.717) is 17.2 Å². The van der Waals surface area contributed by atoms with Crippen LogP contribution >= 0.6 is 0 Å². The molecule has 1 aromatic heterocycles. The van der Waals surface area contributed by atoms with Gasteiger partial charge in [0, 0.05) is 24.1 Å². The Morgan fingerprint density at radius 1 is 0.962 bits per heavy atom. The van der Waals surface area contributed by atoms with Gasteiger partial charge in [0.1, 0.15) is 0 Å². The zero-order valence-electron chi connectivity index (χ0n) is 15.6. The maximum atomic E-state index is 5.45. The monoisotopic (exact) mass is 349 g/mol. The molecule has 0 bridgehead atoms. The lowest BCUT2D eigenvalue weighted by Crippen LogP contribution is -1.97. The Kier molecular flexibility index (Phi) is 4.76. The van der Waals surface area contributed by atoms with Gasteiger partial charge in [-0.3, -0.25) is 0 Å². The highest BCUT2D eigenvalue weighted by atomic mass is 16.5. The molecule has 1 heterocycles. The van der Waals surface area contributed by atoms with E-state index in [4.69, 9.17) is 14.2 Å². The van der Waals surface area contributed by atoms with Crippen molar-refractivity contribution in [2.24, 2.45) is 7.05 Å². The number of rotatable bonds is 6. The molecule has 0 aliphatic rings. The number of fused-ring (bicyclic) bond motifs is 1. The molecule has 4 nitrogen and oxygen atoms in total. The zero-order valence-corrected chi connectivity index (χ0v) is 15.6. The first kappa shape index (κ1) is 17.7. The van der Waals surface area contributed by atoms with Gasteiger partial charge in [0.05, 0.1) is 21.3 Å². The van der Waals surface area contributed by atoms with Crippen LogP contribution in [0.3, 0.4) is 0 Å². The van der Waals surface area contributed by atoms with E-state index >= 15 is 0 Å². The molecule has 0 radical (unpaired) electrons. The second-order valence-electron chi connectivity index (χ2n) is 6.02. The van der Waals surface area contributed by atoms with Crippen LogP contribution in [0.15, 0.2) is 49.7 Å². The molecule has 0 unspecified atom stereocenters. The van der Waals surface area contributed by atoms with Crippen molar-refractivity contribution in [3.8, 4) is 17.2 Å². The maximum absolute atomic E-state index is 5.45. The Bertz CT molecular complexity index is 973. The van der Waals surface area contributed by atoms with E-state index < -0.39 is 0 Å². The fourth-order valence-electron chi connectivity index (χ4n) is 3.19. The molecule has 0 atom stereocenters. The second kappa shape index (κ2) is 7.00. The third-order valence-corrected chi connectivity index (χ3v) is 4.60. The largest absolute Gasteiger partial charge is 0.493 e. The first-order chi connectivity index (χ1) is 12.5. The van der Waals surface area contributed by atoms with Crippen molar-refractivity contribution in [2.75, 3.05) is 21.3 Å². The highest BCUT2D eigenvalue weighted by Gasteiger charge is 2.16. The summed E-state index contributed by atoms with van der Waals surface area (Å²) in [7, 11) is 6.84. The van der Waals surface area contributed by atoms with Gasteiger partial charge >= 0.3 is 0 Å². The fraction of sp³-hybridized carbons (Fsp3) is 0.182. The molecule has 0 fully saturated rings. The topological polar surface area (TPSA) is 32.6 Å². The third kappa shape index (κ3) is 2.84. The van der Waals surface area contributed by atoms with Crippen LogP contribution in [0.4, 0.5) is 0 Å². The van der Waals surface area contributed by atoms with Crippen molar-refractivity contribution in [3.63, 3.8) is 0 Å². The maximum Gasteiger partial charge on any atom is 0.203 e. The number of benzene rings is 2. The molecule has 2 aromatic carbocycles. The number of aryl methyl sites for hydroxylation is 1. The van der Waals surface area contributed by atoms with Crippen LogP contribution in [0.5, 0.6) is 17.2 Å². The summed E-state index contributed by atoms with van der Waals surface area (Å²) in [6.45, 7) is 8.19. The van der Waals surface area contributed by atoms with Crippen molar-refractivity contribution in [1.29, 1.82) is 0 Å². The van der Waals surface area contributed by atoms with Gasteiger partial charge in [0.25, 0.3) is 0 Å². The van der Waals surface area contributed by atoms with Crippen molar-refractivity contribution >= 4 is 22.6 Å². The average molecular weight is 349 g/mol. The molecular weight excluding hydrogens is 326 g/mol. The molecular formula is C22H23NO3. The SMILES string of the molecule is C=Cc1cn(C)c2ccc(C(=C)c3cc(OC)c(OC)c(OC)c3)cc12. The van der Waals surface area contributed by atoms with Crippen molar-refractivity contribution in [3.05, 3.63) is 66.4 Å². The van der Waals surface area contributed by atoms with Gasteiger partial charge in [-0.25, -0.2) is 0 Å². The number of hydrogen-bond donors (Lipinski definition) is 0. The molecule has 0 saturated carbocycles. The molecule has 0 N–H and O–H groups in total. The fourth-order valence-corrected chi connectivity index (χ4v) is 3.19. The highest BCUT2D eigenvalue weighted by Crippen LogP contribution is 2.41. The van der Waals surface area contributed by atoms with E-state index in [9.17, 15) is 0 Å². The van der Waals surface area contributed by atoms with Gasteiger partial charge in [-0.1, -0.05) is 25.3 Å². The summed E-state index contributed by atoms with van der Waals surface area (Å²) in [6.07, 6.45) is 3.94. The number of nitrogens with zero attached hydrogens (tertiary/aromatic N) is 1. The minimum atomic E-state index is 0.569. The van der Waals surface area contributed by atoms with Gasteiger partial charge in [-0.15, -0.1) is 0 Å². The summed E-state index contributed by atoms with van der Waals surface area (Å²) >= 11 is 0. The van der Waals surface area contributed by atoms with E-state index in [0.717, 1.165) is 33.2 Å². The number of aromatic nitrogens is 1. The van der Waals surface area contributed by atoms with Gasteiger partial charge in [-0.05, 0) is 46.5 Å². The normalized spacial score (nSPS) is 10.6. The molecule has 0 aliphatic carbocycles. The Labute approximate surface area is 153 Å². The van der Waals surface area contributed by atoms with E-state index in [1.54, 1.807) is 21.3 Å². The lowest BCUT2D eigenvalue weighted by Gasteiger charge is -2.15. The standard InChI is InChI=1S/C22H23NO3/c1-7-15-13-23(3)19-9-8-16(10-18(15)19)14(2)17-11-20(24-4)22(26-6)21(12-17)25-5/h7-13H,1-2H2,3-6H3. The Hall–Kier alpha value is -3.14. The molecule has 3 aromatic rings. The third-order valence-electron chi connectivity index (χ3n) is 4.60. The Balaban J connectivity index is 2.12. The number of ether oxygens (including phenoxy) is 3. The molecule has 134 valence electrons. The van der Waals surface area contributed by atoms with Gasteiger partial charge in [0.2, 0.25) is 5.75 Å². The van der Waals surface area contributed by atoms with Crippen LogP contribution in [0.1, 0.15) is 16.7 Å². The van der Waals surface area contributed by atoms with Crippen LogP contribution in [-0.2, 0) is 7.05 Å². The minimum absolute atomic E-state index is 0.569. The Morgan fingerprint density at radius 3 is 2.15 bits per heavy atom. The van der Waals surface area contributed by atoms with Crippen LogP contribution in [0.25, 0.3) is 22.6 Å². The van der Waals surface area contributed by atoms with E-state index in [1.165, 1.54) is 0 Å². The Morgan fingerprint density at radius 2 is 1.62 bits per heavy atom. The first-order valence-electron chi connectivity index (χ1n) is 8.25. The molecule has 26 heavy (non-hydrogen) atoms. The molecule has 0 saturated heterocycles. The van der Waals surface area contributed by atoms with Crippen molar-refractivity contribution in [1.82, 2.24) is 4.57 Å². The lowest BCUT2D eigenvalue weighted by atomic mass is 9.97. The van der Waals surface area contributed by atoms with E-state index in [1.807, 2.05) is 25.3 Å². The van der Waals surface area contributed by atoms with Crippen LogP contribution < -0.4 is 14.2 Å². The smallest absolute Gasteiger partial charge is 0.203 e. The average Bonchev–Trinajstić information content (AvgIpc) is 3.01. The highest BCUT2D eigenvalue weighted by molar-refractivity contribution is 5.93. The molecule has 0 amide bonds. The molecule has 0 spiro atoms. The van der Waals surface area contributed by atoms with Crippen LogP contribution in [0.2, 0.25) is 0 Å². The summed E-state index contributed by atoms with van der Waals surface area (Å²) in [5.74, 6) is 1.78. The van der Waals surface area contributed by atoms with E-state index in [2.05, 4.69) is 42.1 Å². The quantitative estimate of drug-likeness (QED) is 0.634. The predicted octanol–water partition coefficient (Wildman–Crippen LogP) is 4.91. The van der Waals surface area contributed by atoms with E-state index in [-0.39, 0.29) is 0 Å². The minimum Gasteiger partial charge on any atom is -0.493 e. The summed E-state index contributed by atoms with van der Waals surface area (Å²) in [5.41, 5.74) is 5.07. The number of methoxy groups -OCH3 is 3. The van der Waals surface area contributed by atoms with Gasteiger partial charge < -0.3 is 18.8 Å². The summed E-state index contributed by atoms with van der Waals surface area (Å²) in [5, 5.41) is 1.15. The molecule has 4 heteroatoms. The first-order valence-corrected chi connectivity index (χ1v) is 8.25. The van der Waals surface area contributed by atoms with Crippen molar-refractivity contribution in [2.45, 2.75) is 0 Å². The zero-order chi connectivity index (χ0) is 18.8. The van der Waals surface area contributed by atoms with Gasteiger partial charge in [-0.2, -0.15) is 0 Å². The number of hydrogen-bond acceptors (Lipinski definition) is 3. The summed E-state index contributed by atoms with van der Waals surface area (Å²) in [6, 6.07) is 10.1. The second-order valence-corrected chi connectivity index (χ2v) is 6.02.